The van der Waals surface area contributed by atoms with Crippen molar-refractivity contribution < 1.29 is 14.7 Å². The molecule has 3 N–H and O–H groups in total. The number of amides is 1. The Bertz CT molecular complexity index is 527. The quantitative estimate of drug-likeness (QED) is 0.357. The molecule has 6 heteroatoms. The minimum atomic E-state index is -0.0328. The Balaban J connectivity index is 1.80. The van der Waals surface area contributed by atoms with Crippen molar-refractivity contribution in [3.8, 4) is 5.75 Å². The maximum atomic E-state index is 11.9. The van der Waals surface area contributed by atoms with Crippen molar-refractivity contribution in [2.45, 2.75) is 13.3 Å². The summed E-state index contributed by atoms with van der Waals surface area (Å²) in [5.41, 5.74) is 6.06. The topological polar surface area (TPSA) is 88.2 Å². The fourth-order valence-corrected chi connectivity index (χ4v) is 2.14. The zero-order chi connectivity index (χ0) is 15.4. The molecule has 1 fully saturated rings. The average molecular weight is 291 g/mol. The van der Waals surface area contributed by atoms with Gasteiger partial charge in [0.1, 0.15) is 5.75 Å². The van der Waals surface area contributed by atoms with E-state index in [4.69, 9.17) is 15.7 Å². The molecule has 0 radical (unpaired) electrons. The molecule has 0 aromatic heterocycles. The number of hydrogen-bond acceptors (Lipinski definition) is 4. The number of carbonyl (C=O) groups is 1. The van der Waals surface area contributed by atoms with Crippen LogP contribution in [0.3, 0.4) is 0 Å². The van der Waals surface area contributed by atoms with Gasteiger partial charge in [-0.15, -0.1) is 0 Å². The number of nitrogens with zero attached hydrogens (tertiary/aromatic N) is 2. The Morgan fingerprint density at radius 3 is 2.62 bits per heavy atom. The van der Waals surface area contributed by atoms with Crippen LogP contribution in [0.15, 0.2) is 29.4 Å². The molecule has 1 aromatic carbocycles. The summed E-state index contributed by atoms with van der Waals surface area (Å²) in [5, 5.41) is 11.5. The Morgan fingerprint density at radius 2 is 2.10 bits per heavy atom. The van der Waals surface area contributed by atoms with Crippen LogP contribution in [0.5, 0.6) is 5.75 Å². The van der Waals surface area contributed by atoms with Crippen molar-refractivity contribution in [2.24, 2.45) is 22.7 Å². The second-order valence-electron chi connectivity index (χ2n) is 5.55. The van der Waals surface area contributed by atoms with E-state index in [9.17, 15) is 4.79 Å². The van der Waals surface area contributed by atoms with Gasteiger partial charge in [0.05, 0.1) is 0 Å². The Hall–Kier alpha value is -2.24. The van der Waals surface area contributed by atoms with Crippen LogP contribution in [0.1, 0.15) is 18.9 Å². The normalized spacial score (nSPS) is 21.0. The summed E-state index contributed by atoms with van der Waals surface area (Å²) < 4.78 is 5.45. The second-order valence-corrected chi connectivity index (χ2v) is 5.55. The Labute approximate surface area is 124 Å². The van der Waals surface area contributed by atoms with E-state index in [0.717, 1.165) is 12.5 Å². The lowest BCUT2D eigenvalue weighted by molar-refractivity contribution is -0.132. The maximum Gasteiger partial charge on any atom is 0.260 e. The summed E-state index contributed by atoms with van der Waals surface area (Å²) in [4.78, 5) is 13.7. The molecule has 114 valence electrons. The van der Waals surface area contributed by atoms with Gasteiger partial charge in [0.25, 0.3) is 5.91 Å². The zero-order valence-electron chi connectivity index (χ0n) is 12.3. The summed E-state index contributed by atoms with van der Waals surface area (Å²) >= 11 is 0. The summed E-state index contributed by atoms with van der Waals surface area (Å²) in [5.74, 6) is 1.95. The van der Waals surface area contributed by atoms with Gasteiger partial charge in [0, 0.05) is 19.2 Å². The first-order valence-corrected chi connectivity index (χ1v) is 6.96. The number of amidine groups is 1. The third-order valence-electron chi connectivity index (χ3n) is 3.83. The van der Waals surface area contributed by atoms with Crippen LogP contribution in [0, 0.1) is 11.8 Å². The van der Waals surface area contributed by atoms with Crippen molar-refractivity contribution in [2.75, 3.05) is 20.2 Å². The number of nitrogens with two attached hydrogens (primary N) is 1. The highest BCUT2D eigenvalue weighted by atomic mass is 16.5. The number of oxime groups is 1. The number of carbonyl (C=O) groups excluding carboxylic acids is 1. The van der Waals surface area contributed by atoms with Crippen LogP contribution < -0.4 is 10.5 Å². The molecule has 0 bridgehead atoms. The van der Waals surface area contributed by atoms with E-state index >= 15 is 0 Å². The fraction of sp³-hybridized carbons (Fsp3) is 0.467. The van der Waals surface area contributed by atoms with Crippen LogP contribution in [0.2, 0.25) is 0 Å². The first-order chi connectivity index (χ1) is 10.0. The molecular formula is C15H21N3O3. The largest absolute Gasteiger partial charge is 0.484 e. The van der Waals surface area contributed by atoms with Gasteiger partial charge >= 0.3 is 0 Å². The molecule has 6 nitrogen and oxygen atoms in total. The van der Waals surface area contributed by atoms with Crippen molar-refractivity contribution in [1.29, 1.82) is 0 Å². The van der Waals surface area contributed by atoms with E-state index < -0.39 is 0 Å². The molecule has 21 heavy (non-hydrogen) atoms. The maximum absolute atomic E-state index is 11.9. The molecule has 1 amide bonds. The van der Waals surface area contributed by atoms with Gasteiger partial charge in [0.15, 0.2) is 12.4 Å². The molecule has 1 saturated carbocycles. The van der Waals surface area contributed by atoms with Gasteiger partial charge < -0.3 is 20.6 Å². The molecule has 2 unspecified atom stereocenters. The average Bonchev–Trinajstić information content (AvgIpc) is 3.19. The van der Waals surface area contributed by atoms with Crippen LogP contribution in [0.25, 0.3) is 0 Å². The monoisotopic (exact) mass is 291 g/mol. The Kier molecular flexibility index (Phi) is 4.67. The van der Waals surface area contributed by atoms with Crippen molar-refractivity contribution in [3.05, 3.63) is 29.8 Å². The molecule has 2 rings (SSSR count). The standard InChI is InChI=1S/C15H21N3O3/c1-10-7-12(10)8-18(2)14(19)9-21-13-5-3-11(4-6-13)15(16)17-20/h3-6,10,12,20H,7-9H2,1-2H3,(H2,16,17). The van der Waals surface area contributed by atoms with Crippen LogP contribution in [-0.4, -0.2) is 42.0 Å². The zero-order valence-corrected chi connectivity index (χ0v) is 12.3. The van der Waals surface area contributed by atoms with Gasteiger partial charge in [0.2, 0.25) is 0 Å². The number of likely N-dealkylation sites (N-methyl/N-ethyl adjacent to an activating group) is 1. The lowest BCUT2D eigenvalue weighted by Crippen LogP contribution is -2.33. The van der Waals surface area contributed by atoms with Gasteiger partial charge in [-0.05, 0) is 42.5 Å². The van der Waals surface area contributed by atoms with E-state index in [-0.39, 0.29) is 18.3 Å². The van der Waals surface area contributed by atoms with Crippen molar-refractivity contribution in [1.82, 2.24) is 4.90 Å². The lowest BCUT2D eigenvalue weighted by atomic mass is 10.2. The first kappa shape index (κ1) is 15.2. The van der Waals surface area contributed by atoms with E-state index in [2.05, 4.69) is 12.1 Å². The minimum Gasteiger partial charge on any atom is -0.484 e. The lowest BCUT2D eigenvalue weighted by Gasteiger charge is -2.17. The number of ether oxygens (including phenoxy) is 1. The minimum absolute atomic E-state index is 0.0144. The second kappa shape index (κ2) is 6.47. The van der Waals surface area contributed by atoms with Crippen LogP contribution in [-0.2, 0) is 4.79 Å². The first-order valence-electron chi connectivity index (χ1n) is 6.96. The van der Waals surface area contributed by atoms with E-state index in [0.29, 0.717) is 17.2 Å². The predicted octanol–water partition coefficient (Wildman–Crippen LogP) is 1.27. The van der Waals surface area contributed by atoms with Gasteiger partial charge in [-0.3, -0.25) is 4.79 Å². The van der Waals surface area contributed by atoms with Crippen LogP contribution >= 0.6 is 0 Å². The van der Waals surface area contributed by atoms with E-state index in [1.807, 2.05) is 0 Å². The fourth-order valence-electron chi connectivity index (χ4n) is 2.14. The number of rotatable bonds is 6. The highest BCUT2D eigenvalue weighted by Gasteiger charge is 2.34. The molecule has 1 aliphatic rings. The van der Waals surface area contributed by atoms with Gasteiger partial charge in [-0.25, -0.2) is 0 Å². The third kappa shape index (κ3) is 4.11. The predicted molar refractivity (Wildman–Crippen MR) is 79.4 cm³/mol. The molecule has 1 aliphatic carbocycles. The number of benzene rings is 1. The molecule has 0 aliphatic heterocycles. The summed E-state index contributed by atoms with van der Waals surface area (Å²) in [6.07, 6.45) is 1.20. The molecular weight excluding hydrogens is 270 g/mol. The summed E-state index contributed by atoms with van der Waals surface area (Å²) in [7, 11) is 1.80. The Morgan fingerprint density at radius 1 is 1.48 bits per heavy atom. The highest BCUT2D eigenvalue weighted by Crippen LogP contribution is 2.37. The third-order valence-corrected chi connectivity index (χ3v) is 3.83. The van der Waals surface area contributed by atoms with Gasteiger partial charge in [-0.2, -0.15) is 0 Å². The summed E-state index contributed by atoms with van der Waals surface area (Å²) in [6, 6.07) is 6.71. The van der Waals surface area contributed by atoms with Gasteiger partial charge in [-0.1, -0.05) is 12.1 Å². The van der Waals surface area contributed by atoms with Crippen molar-refractivity contribution >= 4 is 11.7 Å². The summed E-state index contributed by atoms with van der Waals surface area (Å²) in [6.45, 7) is 3.01. The molecule has 2 atom stereocenters. The molecule has 0 saturated heterocycles. The van der Waals surface area contributed by atoms with Crippen molar-refractivity contribution in [3.63, 3.8) is 0 Å². The molecule has 0 spiro atoms. The molecule has 0 heterocycles. The highest BCUT2D eigenvalue weighted by molar-refractivity contribution is 5.97. The SMILES string of the molecule is CC1CC1CN(C)C(=O)COc1ccc(C(N)=NO)cc1. The molecule has 1 aromatic rings. The van der Waals surface area contributed by atoms with E-state index in [1.54, 1.807) is 36.2 Å². The van der Waals surface area contributed by atoms with Crippen LogP contribution in [0.4, 0.5) is 0 Å². The smallest absolute Gasteiger partial charge is 0.260 e. The number of hydrogen-bond donors (Lipinski definition) is 2. The van der Waals surface area contributed by atoms with E-state index in [1.165, 1.54) is 6.42 Å².